The van der Waals surface area contributed by atoms with Gasteiger partial charge in [0.05, 0.1) is 12.0 Å². The average molecular weight is 149 g/mol. The molecule has 3 atom stereocenters. The van der Waals surface area contributed by atoms with E-state index in [0.29, 0.717) is 11.8 Å². The third-order valence-corrected chi connectivity index (χ3v) is 2.52. The summed E-state index contributed by atoms with van der Waals surface area (Å²) in [6.07, 6.45) is 3.33. The number of hydrogen-bond donors (Lipinski definition) is 0. The van der Waals surface area contributed by atoms with Gasteiger partial charge in [0.2, 0.25) is 0 Å². The quantitative estimate of drug-likeness (QED) is 0.486. The van der Waals surface area contributed by atoms with Crippen molar-refractivity contribution in [3.05, 3.63) is 11.6 Å². The molecular formula is C10H15N. The SMILES string of the molecule is CC1=C[C@H](C)[C@@H](C#N)[C@H](C)C1. The molecule has 0 saturated carbocycles. The Kier molecular flexibility index (Phi) is 2.34. The summed E-state index contributed by atoms with van der Waals surface area (Å²) in [6, 6.07) is 2.38. The molecule has 0 radical (unpaired) electrons. The lowest BCUT2D eigenvalue weighted by molar-refractivity contribution is 0.342. The fourth-order valence-corrected chi connectivity index (χ4v) is 2.02. The van der Waals surface area contributed by atoms with Crippen LogP contribution in [0, 0.1) is 29.1 Å². The highest BCUT2D eigenvalue weighted by Gasteiger charge is 2.25. The van der Waals surface area contributed by atoms with Crippen molar-refractivity contribution in [1.82, 2.24) is 0 Å². The van der Waals surface area contributed by atoms with Crippen molar-refractivity contribution in [2.24, 2.45) is 17.8 Å². The number of nitriles is 1. The normalized spacial score (nSPS) is 37.6. The van der Waals surface area contributed by atoms with Crippen LogP contribution in [0.4, 0.5) is 0 Å². The van der Waals surface area contributed by atoms with Gasteiger partial charge in [-0.15, -0.1) is 0 Å². The first-order valence-corrected chi connectivity index (χ1v) is 4.22. The molecule has 0 unspecified atom stereocenters. The molecule has 0 aromatic rings. The van der Waals surface area contributed by atoms with Crippen LogP contribution in [-0.2, 0) is 0 Å². The van der Waals surface area contributed by atoms with Crippen molar-refractivity contribution in [3.8, 4) is 6.07 Å². The molecule has 1 aliphatic carbocycles. The molecule has 0 bridgehead atoms. The van der Waals surface area contributed by atoms with E-state index in [4.69, 9.17) is 5.26 Å². The minimum absolute atomic E-state index is 0.235. The standard InChI is InChI=1S/C10H15N/c1-7-4-8(2)10(6-11)9(3)5-7/h4,8-10H,5H2,1-3H3/t8-,9+,10+/m0/s1. The number of rotatable bonds is 0. The molecule has 1 aliphatic rings. The molecule has 1 nitrogen and oxygen atoms in total. The topological polar surface area (TPSA) is 23.8 Å². The second-order valence-corrected chi connectivity index (χ2v) is 3.71. The molecule has 11 heavy (non-hydrogen) atoms. The number of hydrogen-bond acceptors (Lipinski definition) is 1. The van der Waals surface area contributed by atoms with Gasteiger partial charge in [0.1, 0.15) is 0 Å². The van der Waals surface area contributed by atoms with Crippen LogP contribution in [0.15, 0.2) is 11.6 Å². The largest absolute Gasteiger partial charge is 0.198 e. The van der Waals surface area contributed by atoms with Gasteiger partial charge in [-0.25, -0.2) is 0 Å². The third kappa shape index (κ3) is 1.63. The van der Waals surface area contributed by atoms with Crippen LogP contribution in [0.1, 0.15) is 27.2 Å². The van der Waals surface area contributed by atoms with Crippen LogP contribution in [-0.4, -0.2) is 0 Å². The molecule has 0 fully saturated rings. The lowest BCUT2D eigenvalue weighted by Crippen LogP contribution is -2.21. The van der Waals surface area contributed by atoms with Gasteiger partial charge < -0.3 is 0 Å². The maximum Gasteiger partial charge on any atom is 0.0664 e. The molecule has 60 valence electrons. The van der Waals surface area contributed by atoms with E-state index in [1.807, 2.05) is 0 Å². The summed E-state index contributed by atoms with van der Waals surface area (Å²) in [5.41, 5.74) is 1.44. The smallest absolute Gasteiger partial charge is 0.0664 e. The Morgan fingerprint density at radius 3 is 2.64 bits per heavy atom. The maximum absolute atomic E-state index is 8.84. The van der Waals surface area contributed by atoms with Crippen molar-refractivity contribution >= 4 is 0 Å². The van der Waals surface area contributed by atoms with Gasteiger partial charge in [0.15, 0.2) is 0 Å². The molecule has 0 saturated heterocycles. The van der Waals surface area contributed by atoms with Gasteiger partial charge in [-0.1, -0.05) is 25.5 Å². The lowest BCUT2D eigenvalue weighted by Gasteiger charge is -2.27. The second kappa shape index (κ2) is 3.09. The first-order chi connectivity index (χ1) is 5.15. The van der Waals surface area contributed by atoms with Gasteiger partial charge in [0, 0.05) is 0 Å². The van der Waals surface area contributed by atoms with Crippen LogP contribution in [0.3, 0.4) is 0 Å². The highest BCUT2D eigenvalue weighted by molar-refractivity contribution is 5.12. The molecule has 0 aromatic carbocycles. The van der Waals surface area contributed by atoms with Crippen molar-refractivity contribution in [2.75, 3.05) is 0 Å². The Bertz CT molecular complexity index is 209. The predicted molar refractivity (Wildman–Crippen MR) is 45.8 cm³/mol. The third-order valence-electron chi connectivity index (χ3n) is 2.52. The number of nitrogens with zero attached hydrogens (tertiary/aromatic N) is 1. The fourth-order valence-electron chi connectivity index (χ4n) is 2.02. The summed E-state index contributed by atoms with van der Waals surface area (Å²) in [6.45, 7) is 6.45. The summed E-state index contributed by atoms with van der Waals surface area (Å²) >= 11 is 0. The summed E-state index contributed by atoms with van der Waals surface area (Å²) in [5.74, 6) is 1.22. The summed E-state index contributed by atoms with van der Waals surface area (Å²) in [5, 5.41) is 8.84. The van der Waals surface area contributed by atoms with E-state index >= 15 is 0 Å². The van der Waals surface area contributed by atoms with E-state index in [0.717, 1.165) is 6.42 Å². The maximum atomic E-state index is 8.84. The van der Waals surface area contributed by atoms with Gasteiger partial charge >= 0.3 is 0 Å². The Labute approximate surface area is 68.7 Å². The summed E-state index contributed by atoms with van der Waals surface area (Å²) < 4.78 is 0. The molecule has 0 aliphatic heterocycles. The van der Waals surface area contributed by atoms with Crippen LogP contribution >= 0.6 is 0 Å². The second-order valence-electron chi connectivity index (χ2n) is 3.71. The zero-order valence-electron chi connectivity index (χ0n) is 7.46. The highest BCUT2D eigenvalue weighted by Crippen LogP contribution is 2.32. The summed E-state index contributed by atoms with van der Waals surface area (Å²) in [4.78, 5) is 0. The fraction of sp³-hybridized carbons (Fsp3) is 0.700. The Morgan fingerprint density at radius 2 is 2.18 bits per heavy atom. The average Bonchev–Trinajstić information content (AvgIpc) is 1.85. The Hall–Kier alpha value is -0.770. The van der Waals surface area contributed by atoms with E-state index in [1.165, 1.54) is 5.57 Å². The first-order valence-electron chi connectivity index (χ1n) is 4.22. The summed E-state index contributed by atoms with van der Waals surface area (Å²) in [7, 11) is 0. The van der Waals surface area contributed by atoms with Crippen molar-refractivity contribution < 1.29 is 0 Å². The molecule has 0 heterocycles. The Morgan fingerprint density at radius 1 is 1.55 bits per heavy atom. The zero-order valence-corrected chi connectivity index (χ0v) is 7.46. The molecule has 1 rings (SSSR count). The minimum atomic E-state index is 0.235. The first kappa shape index (κ1) is 8.33. The van der Waals surface area contributed by atoms with Gasteiger partial charge in [-0.2, -0.15) is 5.26 Å². The van der Waals surface area contributed by atoms with Crippen molar-refractivity contribution in [2.45, 2.75) is 27.2 Å². The zero-order chi connectivity index (χ0) is 8.43. The van der Waals surface area contributed by atoms with Crippen LogP contribution in [0.5, 0.6) is 0 Å². The lowest BCUT2D eigenvalue weighted by atomic mass is 9.76. The highest BCUT2D eigenvalue weighted by atomic mass is 14.3. The molecule has 1 heteroatoms. The van der Waals surface area contributed by atoms with Crippen LogP contribution in [0.25, 0.3) is 0 Å². The molecule has 0 spiro atoms. The van der Waals surface area contributed by atoms with E-state index < -0.39 is 0 Å². The van der Waals surface area contributed by atoms with E-state index in [2.05, 4.69) is 32.9 Å². The molecule has 0 N–H and O–H groups in total. The van der Waals surface area contributed by atoms with Gasteiger partial charge in [-0.05, 0) is 25.2 Å². The van der Waals surface area contributed by atoms with Crippen LogP contribution in [0.2, 0.25) is 0 Å². The van der Waals surface area contributed by atoms with Crippen molar-refractivity contribution in [3.63, 3.8) is 0 Å². The van der Waals surface area contributed by atoms with Crippen LogP contribution < -0.4 is 0 Å². The minimum Gasteiger partial charge on any atom is -0.198 e. The molecule has 0 amide bonds. The van der Waals surface area contributed by atoms with Gasteiger partial charge in [-0.3, -0.25) is 0 Å². The molecular weight excluding hydrogens is 134 g/mol. The van der Waals surface area contributed by atoms with Gasteiger partial charge in [0.25, 0.3) is 0 Å². The Balaban J connectivity index is 2.79. The molecule has 0 aromatic heterocycles. The van der Waals surface area contributed by atoms with E-state index in [9.17, 15) is 0 Å². The number of allylic oxidation sites excluding steroid dienone is 2. The predicted octanol–water partition coefficient (Wildman–Crippen LogP) is 2.75. The van der Waals surface area contributed by atoms with E-state index in [-0.39, 0.29) is 5.92 Å². The van der Waals surface area contributed by atoms with E-state index in [1.54, 1.807) is 0 Å². The monoisotopic (exact) mass is 149 g/mol. The van der Waals surface area contributed by atoms with Crippen molar-refractivity contribution in [1.29, 1.82) is 5.26 Å².